The molecule has 0 unspecified atom stereocenters. The third kappa shape index (κ3) is 13.6. The number of carbonyl (C=O) groups excluding carboxylic acids is 2. The third-order valence-electron chi connectivity index (χ3n) is 5.01. The number of nitrogens with two attached hydrogens (primary N) is 2. The van der Waals surface area contributed by atoms with Crippen molar-refractivity contribution in [1.29, 1.82) is 0 Å². The summed E-state index contributed by atoms with van der Waals surface area (Å²) >= 11 is 0. The number of aliphatic carboxylic acids is 2. The van der Waals surface area contributed by atoms with Crippen molar-refractivity contribution in [3.8, 4) is 5.75 Å². The van der Waals surface area contributed by atoms with Crippen LogP contribution >= 0.6 is 0 Å². The first-order valence-electron chi connectivity index (χ1n) is 11.7. The van der Waals surface area contributed by atoms with Gasteiger partial charge in [0.2, 0.25) is 5.91 Å². The Morgan fingerprint density at radius 2 is 1.53 bits per heavy atom. The van der Waals surface area contributed by atoms with E-state index in [1.165, 1.54) is 4.90 Å². The normalized spacial score (nSPS) is 12.0. The molecule has 0 aliphatic rings. The highest BCUT2D eigenvalue weighted by Gasteiger charge is 2.17. The lowest BCUT2D eigenvalue weighted by Crippen LogP contribution is -2.45. The SMILES string of the molecule is CC(C)C[C@@H](N)C(=O)NOc1ccc(CNC(=O)CN(CCN)CCN(CC(=O)O)CC(=O)O)cc1. The van der Waals surface area contributed by atoms with Crippen molar-refractivity contribution < 1.29 is 34.2 Å². The number of hydrogen-bond donors (Lipinski definition) is 6. The van der Waals surface area contributed by atoms with E-state index in [-0.39, 0.29) is 44.5 Å². The summed E-state index contributed by atoms with van der Waals surface area (Å²) in [4.78, 5) is 54.5. The smallest absolute Gasteiger partial charge is 0.317 e. The molecule has 0 saturated heterocycles. The number of hydrogen-bond acceptors (Lipinski definition) is 9. The number of carboxylic acids is 2. The number of carbonyl (C=O) groups is 4. The van der Waals surface area contributed by atoms with Crippen LogP contribution in [0.4, 0.5) is 0 Å². The Hall–Kier alpha value is -3.26. The molecule has 1 aromatic carbocycles. The van der Waals surface area contributed by atoms with Crippen molar-refractivity contribution in [3.63, 3.8) is 0 Å². The van der Waals surface area contributed by atoms with E-state index in [0.29, 0.717) is 18.7 Å². The number of rotatable bonds is 18. The van der Waals surface area contributed by atoms with Gasteiger partial charge < -0.3 is 31.8 Å². The van der Waals surface area contributed by atoms with Gasteiger partial charge in [-0.1, -0.05) is 26.0 Å². The monoisotopic (exact) mass is 510 g/mol. The lowest BCUT2D eigenvalue weighted by atomic mass is 10.0. The van der Waals surface area contributed by atoms with Gasteiger partial charge in [-0.3, -0.25) is 29.0 Å². The van der Waals surface area contributed by atoms with Crippen molar-refractivity contribution in [2.45, 2.75) is 32.9 Å². The molecule has 0 aromatic heterocycles. The Morgan fingerprint density at radius 3 is 2.06 bits per heavy atom. The van der Waals surface area contributed by atoms with Crippen molar-refractivity contribution in [1.82, 2.24) is 20.6 Å². The second-order valence-electron chi connectivity index (χ2n) is 8.79. The number of nitrogens with one attached hydrogen (secondary N) is 2. The topological polar surface area (TPSA) is 201 Å². The van der Waals surface area contributed by atoms with Gasteiger partial charge in [0.1, 0.15) is 0 Å². The van der Waals surface area contributed by atoms with Gasteiger partial charge in [-0.25, -0.2) is 0 Å². The minimum absolute atomic E-state index is 0.0229. The molecule has 0 bridgehead atoms. The first kappa shape index (κ1) is 30.8. The van der Waals surface area contributed by atoms with E-state index in [4.69, 9.17) is 26.5 Å². The van der Waals surface area contributed by atoms with Gasteiger partial charge in [0.05, 0.1) is 25.7 Å². The van der Waals surface area contributed by atoms with Crippen LogP contribution in [0.1, 0.15) is 25.8 Å². The molecule has 36 heavy (non-hydrogen) atoms. The molecule has 13 nitrogen and oxygen atoms in total. The van der Waals surface area contributed by atoms with E-state index >= 15 is 0 Å². The Bertz CT molecular complexity index is 834. The molecule has 202 valence electrons. The second-order valence-corrected chi connectivity index (χ2v) is 8.79. The number of hydroxylamine groups is 1. The molecule has 0 radical (unpaired) electrons. The van der Waals surface area contributed by atoms with Crippen LogP contribution in [0.25, 0.3) is 0 Å². The predicted molar refractivity (Wildman–Crippen MR) is 132 cm³/mol. The molecule has 1 atom stereocenters. The van der Waals surface area contributed by atoms with E-state index < -0.39 is 37.0 Å². The van der Waals surface area contributed by atoms with Crippen LogP contribution in [-0.4, -0.2) is 95.6 Å². The highest BCUT2D eigenvalue weighted by Crippen LogP contribution is 2.11. The quantitative estimate of drug-likeness (QED) is 0.130. The molecule has 2 amide bonds. The fourth-order valence-corrected chi connectivity index (χ4v) is 3.27. The molecular weight excluding hydrogens is 472 g/mol. The Balaban J connectivity index is 2.50. The highest BCUT2D eigenvalue weighted by molar-refractivity contribution is 5.80. The van der Waals surface area contributed by atoms with Crippen LogP contribution < -0.4 is 27.1 Å². The Kier molecular flexibility index (Phi) is 14.0. The average Bonchev–Trinajstić information content (AvgIpc) is 2.79. The molecule has 0 aliphatic heterocycles. The summed E-state index contributed by atoms with van der Waals surface area (Å²) in [5.74, 6) is -2.24. The van der Waals surface area contributed by atoms with Crippen LogP contribution in [0.3, 0.4) is 0 Å². The van der Waals surface area contributed by atoms with Gasteiger partial charge in [-0.2, -0.15) is 5.48 Å². The molecule has 8 N–H and O–H groups in total. The average molecular weight is 511 g/mol. The summed E-state index contributed by atoms with van der Waals surface area (Å²) in [5.41, 5.74) is 14.6. The van der Waals surface area contributed by atoms with E-state index in [9.17, 15) is 19.2 Å². The zero-order chi connectivity index (χ0) is 27.1. The maximum Gasteiger partial charge on any atom is 0.317 e. The lowest BCUT2D eigenvalue weighted by molar-refractivity contribution is -0.142. The molecule has 1 rings (SSSR count). The molecule has 0 fully saturated rings. The van der Waals surface area contributed by atoms with Crippen molar-refractivity contribution >= 4 is 23.8 Å². The largest absolute Gasteiger partial charge is 0.480 e. The number of nitrogens with zero attached hydrogens (tertiary/aromatic N) is 2. The van der Waals surface area contributed by atoms with E-state index in [1.807, 2.05) is 13.8 Å². The third-order valence-corrected chi connectivity index (χ3v) is 5.01. The van der Waals surface area contributed by atoms with Crippen LogP contribution in [0.2, 0.25) is 0 Å². The van der Waals surface area contributed by atoms with Gasteiger partial charge in [-0.15, -0.1) is 0 Å². The van der Waals surface area contributed by atoms with Crippen LogP contribution in [0.15, 0.2) is 24.3 Å². The van der Waals surface area contributed by atoms with Crippen LogP contribution in [-0.2, 0) is 25.7 Å². The number of amides is 2. The number of benzene rings is 1. The second kappa shape index (κ2) is 16.4. The summed E-state index contributed by atoms with van der Waals surface area (Å²) in [6, 6.07) is 6.12. The summed E-state index contributed by atoms with van der Waals surface area (Å²) in [7, 11) is 0. The Labute approximate surface area is 210 Å². The van der Waals surface area contributed by atoms with Gasteiger partial charge in [-0.05, 0) is 30.0 Å². The Morgan fingerprint density at radius 1 is 0.944 bits per heavy atom. The number of carboxylic acid groups (broad SMARTS) is 2. The summed E-state index contributed by atoms with van der Waals surface area (Å²) in [6.07, 6.45) is 0.541. The van der Waals surface area contributed by atoms with Crippen LogP contribution in [0.5, 0.6) is 5.75 Å². The highest BCUT2D eigenvalue weighted by atomic mass is 16.7. The summed E-state index contributed by atoms with van der Waals surface area (Å²) in [5, 5.41) is 20.7. The maximum atomic E-state index is 12.4. The summed E-state index contributed by atoms with van der Waals surface area (Å²) in [6.45, 7) is 4.51. The molecule has 0 aliphatic carbocycles. The van der Waals surface area contributed by atoms with E-state index in [2.05, 4.69) is 10.8 Å². The maximum absolute atomic E-state index is 12.4. The molecule has 0 heterocycles. The van der Waals surface area contributed by atoms with Gasteiger partial charge in [0.25, 0.3) is 5.91 Å². The first-order chi connectivity index (χ1) is 17.0. The van der Waals surface area contributed by atoms with Crippen molar-refractivity contribution in [3.05, 3.63) is 29.8 Å². The standard InChI is InChI=1S/C23H38N6O7/c1-16(2)11-19(25)23(35)27-36-18-5-3-17(4-6-18)12-26-20(30)13-28(8-7-24)9-10-29(14-21(31)32)15-22(33)34/h3-6,16,19H,7-15,24-25H2,1-2H3,(H,26,30)(H,27,35)(H,31,32)(H,33,34)/t19-/m1/s1. The van der Waals surface area contributed by atoms with Gasteiger partial charge >= 0.3 is 11.9 Å². The van der Waals surface area contributed by atoms with Crippen molar-refractivity contribution in [2.75, 3.05) is 45.8 Å². The summed E-state index contributed by atoms with van der Waals surface area (Å²) < 4.78 is 0. The van der Waals surface area contributed by atoms with E-state index in [0.717, 1.165) is 5.56 Å². The first-order valence-corrected chi connectivity index (χ1v) is 11.7. The zero-order valence-electron chi connectivity index (χ0n) is 20.8. The fraction of sp³-hybridized carbons (Fsp3) is 0.565. The van der Waals surface area contributed by atoms with E-state index in [1.54, 1.807) is 29.2 Å². The molecular formula is C23H38N6O7. The fourth-order valence-electron chi connectivity index (χ4n) is 3.27. The minimum atomic E-state index is -1.13. The molecule has 13 heteroatoms. The van der Waals surface area contributed by atoms with Crippen molar-refractivity contribution in [2.24, 2.45) is 17.4 Å². The van der Waals surface area contributed by atoms with Gasteiger partial charge in [0, 0.05) is 32.7 Å². The molecule has 1 aromatic rings. The minimum Gasteiger partial charge on any atom is -0.480 e. The van der Waals surface area contributed by atoms with Crippen LogP contribution in [0, 0.1) is 5.92 Å². The molecule has 0 saturated carbocycles. The predicted octanol–water partition coefficient (Wildman–Crippen LogP) is -1.18. The molecule has 0 spiro atoms. The lowest BCUT2D eigenvalue weighted by Gasteiger charge is -2.25. The zero-order valence-corrected chi connectivity index (χ0v) is 20.8. The van der Waals surface area contributed by atoms with Gasteiger partial charge in [0.15, 0.2) is 5.75 Å².